The molecule has 0 radical (unpaired) electrons. The van der Waals surface area contributed by atoms with Crippen molar-refractivity contribution in [3.8, 4) is 5.75 Å². The summed E-state index contributed by atoms with van der Waals surface area (Å²) < 4.78 is 5.13. The van der Waals surface area contributed by atoms with Crippen LogP contribution in [0.2, 0.25) is 5.02 Å². The van der Waals surface area contributed by atoms with Gasteiger partial charge in [-0.2, -0.15) is 0 Å². The van der Waals surface area contributed by atoms with E-state index in [4.69, 9.17) is 16.3 Å². The van der Waals surface area contributed by atoms with Gasteiger partial charge in [-0.15, -0.1) is 0 Å². The van der Waals surface area contributed by atoms with Crippen LogP contribution >= 0.6 is 11.6 Å². The lowest BCUT2D eigenvalue weighted by atomic mass is 10.2. The Balaban J connectivity index is 2.02. The number of benzene rings is 2. The van der Waals surface area contributed by atoms with E-state index < -0.39 is 5.97 Å². The second-order valence-corrected chi connectivity index (χ2v) is 4.13. The van der Waals surface area contributed by atoms with Gasteiger partial charge in [0.25, 0.3) is 0 Å². The molecule has 0 spiro atoms. The molecule has 2 rings (SSSR count). The van der Waals surface area contributed by atoms with Crippen LogP contribution in [0.15, 0.2) is 48.5 Å². The van der Waals surface area contributed by atoms with Crippen LogP contribution in [0.5, 0.6) is 5.75 Å². The van der Waals surface area contributed by atoms with E-state index in [2.05, 4.69) is 0 Å². The fraction of sp³-hybridized carbons (Fsp3) is 0.0714. The molecule has 4 heteroatoms. The molecule has 0 bridgehead atoms. The molecule has 2 aromatic carbocycles. The van der Waals surface area contributed by atoms with Crippen LogP contribution in [-0.2, 0) is 11.3 Å². The van der Waals surface area contributed by atoms with Crippen molar-refractivity contribution in [2.75, 3.05) is 0 Å². The van der Waals surface area contributed by atoms with E-state index in [0.717, 1.165) is 0 Å². The largest absolute Gasteiger partial charge is 0.508 e. The van der Waals surface area contributed by atoms with Crippen molar-refractivity contribution in [1.82, 2.24) is 0 Å². The number of hydrogen-bond donors (Lipinski definition) is 1. The van der Waals surface area contributed by atoms with Gasteiger partial charge in [-0.1, -0.05) is 35.9 Å². The van der Waals surface area contributed by atoms with Gasteiger partial charge in [-0.05, 0) is 24.3 Å². The fourth-order valence-corrected chi connectivity index (χ4v) is 1.68. The highest BCUT2D eigenvalue weighted by Gasteiger charge is 2.08. The van der Waals surface area contributed by atoms with Crippen LogP contribution in [0.4, 0.5) is 0 Å². The Kier molecular flexibility index (Phi) is 3.85. The van der Waals surface area contributed by atoms with Crippen LogP contribution in [0.3, 0.4) is 0 Å². The normalized spacial score (nSPS) is 10.1. The van der Waals surface area contributed by atoms with Crippen LogP contribution in [-0.4, -0.2) is 11.1 Å². The van der Waals surface area contributed by atoms with Gasteiger partial charge in [-0.3, -0.25) is 0 Å². The number of halogens is 1. The number of phenolic OH excluding ortho intramolecular Hbond substituents is 1. The van der Waals surface area contributed by atoms with E-state index in [1.54, 1.807) is 30.3 Å². The average Bonchev–Trinajstić information content (AvgIpc) is 2.38. The van der Waals surface area contributed by atoms with Crippen molar-refractivity contribution in [1.29, 1.82) is 0 Å². The number of phenols is 1. The first-order valence-corrected chi connectivity index (χ1v) is 5.74. The van der Waals surface area contributed by atoms with Gasteiger partial charge in [0.15, 0.2) is 0 Å². The lowest BCUT2D eigenvalue weighted by Crippen LogP contribution is -2.05. The highest BCUT2D eigenvalue weighted by molar-refractivity contribution is 6.31. The number of rotatable bonds is 3. The summed E-state index contributed by atoms with van der Waals surface area (Å²) in [4.78, 5) is 11.7. The van der Waals surface area contributed by atoms with E-state index >= 15 is 0 Å². The predicted molar refractivity (Wildman–Crippen MR) is 68.7 cm³/mol. The van der Waals surface area contributed by atoms with Gasteiger partial charge in [-0.25, -0.2) is 4.79 Å². The highest BCUT2D eigenvalue weighted by atomic mass is 35.5. The molecule has 0 aliphatic rings. The number of hydrogen-bond acceptors (Lipinski definition) is 3. The molecule has 18 heavy (non-hydrogen) atoms. The molecular weight excluding hydrogens is 252 g/mol. The Morgan fingerprint density at radius 3 is 2.56 bits per heavy atom. The van der Waals surface area contributed by atoms with Crippen molar-refractivity contribution in [3.05, 3.63) is 64.7 Å². The Hall–Kier alpha value is -2.00. The maximum absolute atomic E-state index is 11.7. The van der Waals surface area contributed by atoms with Crippen LogP contribution in [0.25, 0.3) is 0 Å². The van der Waals surface area contributed by atoms with Gasteiger partial charge in [0, 0.05) is 5.56 Å². The third-order valence-corrected chi connectivity index (χ3v) is 2.76. The summed E-state index contributed by atoms with van der Waals surface area (Å²) in [6.45, 7) is 0.0762. The molecule has 0 aliphatic carbocycles. The van der Waals surface area contributed by atoms with E-state index in [0.29, 0.717) is 16.1 Å². The third kappa shape index (κ3) is 3.02. The summed E-state index contributed by atoms with van der Waals surface area (Å²) in [5, 5.41) is 9.57. The lowest BCUT2D eigenvalue weighted by Gasteiger charge is -2.06. The number of carbonyl (C=O) groups excluding carboxylic acids is 1. The predicted octanol–water partition coefficient (Wildman–Crippen LogP) is 3.40. The quantitative estimate of drug-likeness (QED) is 0.863. The number of aromatic hydroxyl groups is 1. The van der Waals surface area contributed by atoms with Crippen molar-refractivity contribution in [3.63, 3.8) is 0 Å². The molecule has 0 saturated heterocycles. The molecule has 1 N–H and O–H groups in total. The molecular formula is C14H11ClO3. The van der Waals surface area contributed by atoms with Gasteiger partial charge < -0.3 is 9.84 Å². The molecule has 0 aromatic heterocycles. The molecule has 0 saturated carbocycles. The molecule has 0 fully saturated rings. The summed E-state index contributed by atoms with van der Waals surface area (Å²) in [6, 6.07) is 13.3. The summed E-state index contributed by atoms with van der Waals surface area (Å²) in [5.74, 6) is -0.321. The zero-order valence-electron chi connectivity index (χ0n) is 9.47. The zero-order valence-corrected chi connectivity index (χ0v) is 10.2. The highest BCUT2D eigenvalue weighted by Crippen LogP contribution is 2.22. The monoisotopic (exact) mass is 262 g/mol. The van der Waals surface area contributed by atoms with Crippen molar-refractivity contribution in [2.24, 2.45) is 0 Å². The maximum atomic E-state index is 11.7. The number of esters is 1. The molecule has 0 amide bonds. The van der Waals surface area contributed by atoms with E-state index in [1.807, 2.05) is 6.07 Å². The zero-order chi connectivity index (χ0) is 13.0. The SMILES string of the molecule is O=C(OCc1ccc(O)cc1Cl)c1ccccc1. The molecule has 2 aromatic rings. The first-order valence-electron chi connectivity index (χ1n) is 5.36. The lowest BCUT2D eigenvalue weighted by molar-refractivity contribution is 0.0473. The van der Waals surface area contributed by atoms with Crippen molar-refractivity contribution < 1.29 is 14.6 Å². The minimum atomic E-state index is -0.403. The first kappa shape index (κ1) is 12.5. The van der Waals surface area contributed by atoms with E-state index in [-0.39, 0.29) is 12.4 Å². The third-order valence-electron chi connectivity index (χ3n) is 2.40. The summed E-state index contributed by atoms with van der Waals surface area (Å²) >= 11 is 5.91. The Morgan fingerprint density at radius 2 is 1.89 bits per heavy atom. The minimum Gasteiger partial charge on any atom is -0.508 e. The standard InChI is InChI=1S/C14H11ClO3/c15-13-8-12(16)7-6-11(13)9-18-14(17)10-4-2-1-3-5-10/h1-8,16H,9H2. The van der Waals surface area contributed by atoms with Gasteiger partial charge >= 0.3 is 5.97 Å². The van der Waals surface area contributed by atoms with Crippen LogP contribution in [0.1, 0.15) is 15.9 Å². The summed E-state index contributed by atoms with van der Waals surface area (Å²) in [7, 11) is 0. The first-order chi connectivity index (χ1) is 8.66. The van der Waals surface area contributed by atoms with E-state index in [1.165, 1.54) is 12.1 Å². The maximum Gasteiger partial charge on any atom is 0.338 e. The minimum absolute atomic E-state index is 0.0762. The summed E-state index contributed by atoms with van der Waals surface area (Å²) in [6.07, 6.45) is 0. The molecule has 0 heterocycles. The Bertz CT molecular complexity index is 552. The fourth-order valence-electron chi connectivity index (χ4n) is 1.45. The van der Waals surface area contributed by atoms with Crippen LogP contribution < -0.4 is 0 Å². The van der Waals surface area contributed by atoms with Crippen LogP contribution in [0, 0.1) is 0 Å². The molecule has 0 unspecified atom stereocenters. The van der Waals surface area contributed by atoms with Gasteiger partial charge in [0.1, 0.15) is 12.4 Å². The number of carbonyl (C=O) groups is 1. The van der Waals surface area contributed by atoms with E-state index in [9.17, 15) is 9.90 Å². The molecule has 0 aliphatic heterocycles. The second kappa shape index (κ2) is 5.56. The van der Waals surface area contributed by atoms with Crippen molar-refractivity contribution in [2.45, 2.75) is 6.61 Å². The topological polar surface area (TPSA) is 46.5 Å². The number of ether oxygens (including phenoxy) is 1. The van der Waals surface area contributed by atoms with Gasteiger partial charge in [0.05, 0.1) is 10.6 Å². The molecule has 0 atom stereocenters. The smallest absolute Gasteiger partial charge is 0.338 e. The average molecular weight is 263 g/mol. The Morgan fingerprint density at radius 1 is 1.17 bits per heavy atom. The molecule has 3 nitrogen and oxygen atoms in total. The second-order valence-electron chi connectivity index (χ2n) is 3.72. The summed E-state index contributed by atoms with van der Waals surface area (Å²) in [5.41, 5.74) is 1.14. The molecule has 92 valence electrons. The Labute approximate surface area is 110 Å². The van der Waals surface area contributed by atoms with Crippen molar-refractivity contribution >= 4 is 17.6 Å². The van der Waals surface area contributed by atoms with Gasteiger partial charge in [0.2, 0.25) is 0 Å².